The molecule has 0 aromatic heterocycles. The van der Waals surface area contributed by atoms with Crippen molar-refractivity contribution in [2.45, 2.75) is 87.7 Å². The maximum Gasteiger partial charge on any atom is 0.107 e. The van der Waals surface area contributed by atoms with E-state index < -0.39 is 30.5 Å². The van der Waals surface area contributed by atoms with E-state index in [4.69, 9.17) is 9.47 Å². The first-order valence-electron chi connectivity index (χ1n) is 11.7. The van der Waals surface area contributed by atoms with Gasteiger partial charge in [-0.2, -0.15) is 0 Å². The standard InChI is InChI=1S/C24H40O7/c1-30-20-11-14(5-9-18(20)25)3-7-16-13-17(23(28)24(29)22(16)27)8-4-15-6-10-19(26)21(12-15)31-2/h3-4,7-8,14-29H,5-6,9-13H2,1-2H3/b7-3+,8-4+. The number of ether oxygens (including phenoxy) is 2. The van der Waals surface area contributed by atoms with Gasteiger partial charge in [-0.25, -0.2) is 0 Å². The van der Waals surface area contributed by atoms with Crippen molar-refractivity contribution in [1.82, 2.24) is 0 Å². The second-order valence-corrected chi connectivity index (χ2v) is 9.63. The lowest BCUT2D eigenvalue weighted by molar-refractivity contribution is -0.117. The summed E-state index contributed by atoms with van der Waals surface area (Å²) in [4.78, 5) is 0. The second kappa shape index (κ2) is 11.4. The Bertz CT molecular complexity index is 559. The molecule has 3 rings (SSSR count). The summed E-state index contributed by atoms with van der Waals surface area (Å²) in [6.07, 6.45) is 8.78. The third-order valence-corrected chi connectivity index (χ3v) is 7.58. The highest BCUT2D eigenvalue weighted by molar-refractivity contribution is 5.09. The van der Waals surface area contributed by atoms with Gasteiger partial charge in [0.15, 0.2) is 0 Å². The monoisotopic (exact) mass is 440 g/mol. The summed E-state index contributed by atoms with van der Waals surface area (Å²) in [5.41, 5.74) is 0. The number of rotatable bonds is 6. The van der Waals surface area contributed by atoms with E-state index in [-0.39, 0.29) is 35.9 Å². The van der Waals surface area contributed by atoms with Gasteiger partial charge in [0.2, 0.25) is 0 Å². The van der Waals surface area contributed by atoms with Crippen molar-refractivity contribution in [1.29, 1.82) is 0 Å². The van der Waals surface area contributed by atoms with Crippen LogP contribution in [0.25, 0.3) is 0 Å². The quantitative estimate of drug-likeness (QED) is 0.393. The minimum absolute atomic E-state index is 0.173. The van der Waals surface area contributed by atoms with E-state index >= 15 is 0 Å². The SMILES string of the molecule is COC1CC(/C=C/C2CC(/C=C/C3CCC(O)C(OC)C3)C(O)C(O)C2O)CCC1O. The molecule has 0 saturated heterocycles. The summed E-state index contributed by atoms with van der Waals surface area (Å²) in [5.74, 6) is 0.0259. The first kappa shape index (κ1) is 24.8. The zero-order valence-electron chi connectivity index (χ0n) is 18.7. The molecule has 0 aromatic rings. The molecule has 0 bridgehead atoms. The number of aliphatic hydroxyl groups is 5. The maximum atomic E-state index is 10.5. The van der Waals surface area contributed by atoms with E-state index in [1.165, 1.54) is 0 Å². The molecule has 0 heterocycles. The Morgan fingerprint density at radius 1 is 0.548 bits per heavy atom. The fourth-order valence-electron chi connectivity index (χ4n) is 5.43. The van der Waals surface area contributed by atoms with Gasteiger partial charge in [-0.1, -0.05) is 24.3 Å². The van der Waals surface area contributed by atoms with Crippen LogP contribution in [0.4, 0.5) is 0 Å². The highest BCUT2D eigenvalue weighted by Crippen LogP contribution is 2.35. The molecule has 3 aliphatic rings. The Hall–Kier alpha value is -0.800. The van der Waals surface area contributed by atoms with Crippen LogP contribution in [0.5, 0.6) is 0 Å². The van der Waals surface area contributed by atoms with Crippen molar-refractivity contribution >= 4 is 0 Å². The largest absolute Gasteiger partial charge is 0.390 e. The van der Waals surface area contributed by atoms with Crippen molar-refractivity contribution in [2.24, 2.45) is 23.7 Å². The third kappa shape index (κ3) is 6.16. The fraction of sp³-hybridized carbons (Fsp3) is 0.833. The van der Waals surface area contributed by atoms with Crippen LogP contribution in [0.15, 0.2) is 24.3 Å². The maximum absolute atomic E-state index is 10.5. The van der Waals surface area contributed by atoms with Crippen LogP contribution in [0.1, 0.15) is 44.9 Å². The van der Waals surface area contributed by atoms with Gasteiger partial charge in [-0.3, -0.25) is 0 Å². The van der Waals surface area contributed by atoms with Crippen LogP contribution in [0.2, 0.25) is 0 Å². The molecule has 0 amide bonds. The fourth-order valence-corrected chi connectivity index (χ4v) is 5.43. The van der Waals surface area contributed by atoms with E-state index in [1.807, 2.05) is 12.2 Å². The summed E-state index contributed by atoms with van der Waals surface area (Å²) in [6.45, 7) is 0. The van der Waals surface area contributed by atoms with Crippen LogP contribution in [-0.2, 0) is 9.47 Å². The van der Waals surface area contributed by atoms with Gasteiger partial charge in [-0.15, -0.1) is 0 Å². The molecule has 178 valence electrons. The van der Waals surface area contributed by atoms with Crippen molar-refractivity contribution in [3.05, 3.63) is 24.3 Å². The molecular weight excluding hydrogens is 400 g/mol. The Labute approximate surface area is 185 Å². The minimum Gasteiger partial charge on any atom is -0.390 e. The molecule has 7 nitrogen and oxygen atoms in total. The normalized spacial score (nSPS) is 47.3. The molecule has 0 aromatic carbocycles. The van der Waals surface area contributed by atoms with E-state index in [2.05, 4.69) is 12.2 Å². The average Bonchev–Trinajstić information content (AvgIpc) is 2.78. The molecule has 0 radical (unpaired) electrons. The Balaban J connectivity index is 1.61. The first-order chi connectivity index (χ1) is 14.8. The van der Waals surface area contributed by atoms with E-state index in [0.717, 1.165) is 25.7 Å². The Morgan fingerprint density at radius 2 is 0.968 bits per heavy atom. The van der Waals surface area contributed by atoms with Crippen molar-refractivity contribution in [2.75, 3.05) is 14.2 Å². The number of aliphatic hydroxyl groups excluding tert-OH is 5. The average molecular weight is 441 g/mol. The lowest BCUT2D eigenvalue weighted by Crippen LogP contribution is -2.50. The van der Waals surface area contributed by atoms with Crippen LogP contribution >= 0.6 is 0 Å². The summed E-state index contributed by atoms with van der Waals surface area (Å²) in [5, 5.41) is 51.4. The van der Waals surface area contributed by atoms with Gasteiger partial charge < -0.3 is 35.0 Å². The third-order valence-electron chi connectivity index (χ3n) is 7.58. The highest BCUT2D eigenvalue weighted by atomic mass is 16.5. The van der Waals surface area contributed by atoms with Gasteiger partial charge in [-0.05, 0) is 56.8 Å². The lowest BCUT2D eigenvalue weighted by Gasteiger charge is -2.39. The molecule has 0 aliphatic heterocycles. The second-order valence-electron chi connectivity index (χ2n) is 9.63. The van der Waals surface area contributed by atoms with Gasteiger partial charge in [0, 0.05) is 26.1 Å². The first-order valence-corrected chi connectivity index (χ1v) is 11.7. The van der Waals surface area contributed by atoms with Crippen LogP contribution in [0, 0.1) is 23.7 Å². The molecule has 10 unspecified atom stereocenters. The van der Waals surface area contributed by atoms with Crippen LogP contribution < -0.4 is 0 Å². The Kier molecular flexibility index (Phi) is 9.11. The minimum atomic E-state index is -1.20. The van der Waals surface area contributed by atoms with Crippen molar-refractivity contribution in [3.8, 4) is 0 Å². The molecule has 3 fully saturated rings. The number of methoxy groups -OCH3 is 2. The summed E-state index contributed by atoms with van der Waals surface area (Å²) in [6, 6.07) is 0. The number of hydrogen-bond acceptors (Lipinski definition) is 7. The molecular formula is C24H40O7. The molecule has 0 spiro atoms. The van der Waals surface area contributed by atoms with Gasteiger partial charge in [0.05, 0.1) is 36.6 Å². The Morgan fingerprint density at radius 3 is 1.35 bits per heavy atom. The smallest absolute Gasteiger partial charge is 0.107 e. The van der Waals surface area contributed by atoms with Crippen LogP contribution in [-0.4, -0.2) is 82.5 Å². The highest BCUT2D eigenvalue weighted by Gasteiger charge is 2.41. The molecule has 31 heavy (non-hydrogen) atoms. The number of hydrogen-bond donors (Lipinski definition) is 5. The van der Waals surface area contributed by atoms with Gasteiger partial charge in [0.1, 0.15) is 6.10 Å². The molecule has 5 N–H and O–H groups in total. The van der Waals surface area contributed by atoms with Gasteiger partial charge >= 0.3 is 0 Å². The predicted molar refractivity (Wildman–Crippen MR) is 116 cm³/mol. The van der Waals surface area contributed by atoms with E-state index in [9.17, 15) is 25.5 Å². The predicted octanol–water partition coefficient (Wildman–Crippen LogP) is 1.17. The molecule has 10 atom stereocenters. The summed E-state index contributed by atoms with van der Waals surface area (Å²) < 4.78 is 10.7. The van der Waals surface area contributed by atoms with Crippen molar-refractivity contribution < 1.29 is 35.0 Å². The molecule has 3 aliphatic carbocycles. The molecule has 3 saturated carbocycles. The van der Waals surface area contributed by atoms with E-state index in [1.54, 1.807) is 14.2 Å². The van der Waals surface area contributed by atoms with Gasteiger partial charge in [0.25, 0.3) is 0 Å². The molecule has 7 heteroatoms. The lowest BCUT2D eigenvalue weighted by atomic mass is 9.74. The zero-order valence-corrected chi connectivity index (χ0v) is 18.7. The summed E-state index contributed by atoms with van der Waals surface area (Å²) >= 11 is 0. The topological polar surface area (TPSA) is 120 Å². The number of allylic oxidation sites excluding steroid dienone is 2. The van der Waals surface area contributed by atoms with E-state index in [0.29, 0.717) is 19.3 Å². The van der Waals surface area contributed by atoms with Crippen LogP contribution in [0.3, 0.4) is 0 Å². The zero-order chi connectivity index (χ0) is 22.5. The summed E-state index contributed by atoms with van der Waals surface area (Å²) in [7, 11) is 3.23. The van der Waals surface area contributed by atoms with Crippen molar-refractivity contribution in [3.63, 3.8) is 0 Å².